The molecule has 4 rings (SSSR count). The number of alkyl halides is 3. The Kier molecular flexibility index (Phi) is 7.10. The lowest BCUT2D eigenvalue weighted by Crippen LogP contribution is -2.55. The molecule has 13 heteroatoms. The van der Waals surface area contributed by atoms with E-state index in [2.05, 4.69) is 15.3 Å². The molecule has 0 spiro atoms. The van der Waals surface area contributed by atoms with Gasteiger partial charge >= 0.3 is 12.2 Å². The maximum Gasteiger partial charge on any atom is 0.419 e. The fourth-order valence-corrected chi connectivity index (χ4v) is 4.86. The van der Waals surface area contributed by atoms with Crippen molar-refractivity contribution >= 4 is 38.5 Å². The summed E-state index contributed by atoms with van der Waals surface area (Å²) in [7, 11) is 0. The number of carbonyl (C=O) groups excluding carboxylic acids is 1. The molecule has 3 aromatic rings. The van der Waals surface area contributed by atoms with Gasteiger partial charge in [0.15, 0.2) is 5.13 Å². The van der Waals surface area contributed by atoms with Crippen LogP contribution in [0.4, 0.5) is 33.3 Å². The Balaban J connectivity index is 1.47. The van der Waals surface area contributed by atoms with Crippen LogP contribution in [-0.2, 0) is 12.6 Å². The number of aromatic nitrogens is 2. The SMILES string of the molecule is C[C@H]1CN(c2ncc(C[C@@H](O)CO)cc2C(F)(F)F)CCN1C(=O)Nc1nc2ccc(F)cc2s1. The molecule has 3 N–H and O–H groups in total. The Morgan fingerprint density at radius 2 is 2.09 bits per heavy atom. The molecule has 35 heavy (non-hydrogen) atoms. The molecular weight excluding hydrogens is 490 g/mol. The summed E-state index contributed by atoms with van der Waals surface area (Å²) in [6.45, 7) is 1.54. The molecule has 0 aliphatic carbocycles. The second kappa shape index (κ2) is 9.91. The van der Waals surface area contributed by atoms with E-state index in [0.717, 1.165) is 17.4 Å². The third-order valence-electron chi connectivity index (χ3n) is 5.66. The van der Waals surface area contributed by atoms with Gasteiger partial charge in [-0.25, -0.2) is 19.2 Å². The van der Waals surface area contributed by atoms with Gasteiger partial charge in [-0.2, -0.15) is 13.2 Å². The second-order valence-corrected chi connectivity index (χ2v) is 9.33. The molecular formula is C22H23F4N5O3S. The molecule has 0 bridgehead atoms. The number of nitrogens with zero attached hydrogens (tertiary/aromatic N) is 4. The Morgan fingerprint density at radius 1 is 1.31 bits per heavy atom. The van der Waals surface area contributed by atoms with Gasteiger partial charge in [0.25, 0.3) is 0 Å². The number of aliphatic hydroxyl groups is 2. The number of fused-ring (bicyclic) bond motifs is 1. The Morgan fingerprint density at radius 3 is 2.77 bits per heavy atom. The molecule has 2 atom stereocenters. The Labute approximate surface area is 201 Å². The van der Waals surface area contributed by atoms with Crippen molar-refractivity contribution in [2.75, 3.05) is 36.5 Å². The Hall–Kier alpha value is -3.03. The van der Waals surface area contributed by atoms with Crippen molar-refractivity contribution in [3.8, 4) is 0 Å². The lowest BCUT2D eigenvalue weighted by atomic mass is 10.1. The molecule has 1 aliphatic rings. The van der Waals surface area contributed by atoms with Crippen molar-refractivity contribution in [3.05, 3.63) is 47.4 Å². The molecule has 1 aromatic carbocycles. The largest absolute Gasteiger partial charge is 0.419 e. The number of rotatable bonds is 5. The molecule has 1 fully saturated rings. The van der Waals surface area contributed by atoms with Crippen molar-refractivity contribution in [1.82, 2.24) is 14.9 Å². The van der Waals surface area contributed by atoms with Crippen molar-refractivity contribution in [2.45, 2.75) is 31.7 Å². The van der Waals surface area contributed by atoms with E-state index in [1.165, 1.54) is 34.2 Å². The van der Waals surface area contributed by atoms with Crippen LogP contribution in [0.25, 0.3) is 10.2 Å². The maximum atomic E-state index is 13.8. The van der Waals surface area contributed by atoms with E-state index in [9.17, 15) is 27.5 Å². The van der Waals surface area contributed by atoms with E-state index >= 15 is 0 Å². The maximum absolute atomic E-state index is 13.8. The monoisotopic (exact) mass is 513 g/mol. The van der Waals surface area contributed by atoms with Gasteiger partial charge in [-0.05, 0) is 36.8 Å². The number of piperazine rings is 1. The number of hydrogen-bond acceptors (Lipinski definition) is 7. The topological polar surface area (TPSA) is 102 Å². The normalized spacial score (nSPS) is 17.6. The number of thiazole rings is 1. The van der Waals surface area contributed by atoms with Crippen LogP contribution in [0.1, 0.15) is 18.1 Å². The highest BCUT2D eigenvalue weighted by atomic mass is 32.1. The number of benzene rings is 1. The van der Waals surface area contributed by atoms with Crippen LogP contribution in [0, 0.1) is 5.82 Å². The minimum Gasteiger partial charge on any atom is -0.394 e. The Bertz CT molecular complexity index is 1220. The van der Waals surface area contributed by atoms with E-state index < -0.39 is 42.3 Å². The van der Waals surface area contributed by atoms with Gasteiger partial charge in [0, 0.05) is 38.3 Å². The minimum absolute atomic E-state index is 0.118. The quantitative estimate of drug-likeness (QED) is 0.452. The first kappa shape index (κ1) is 25.1. The molecule has 0 saturated carbocycles. The third-order valence-corrected chi connectivity index (χ3v) is 6.60. The molecule has 1 saturated heterocycles. The lowest BCUT2D eigenvalue weighted by molar-refractivity contribution is -0.137. The van der Waals surface area contributed by atoms with Crippen LogP contribution in [0.5, 0.6) is 0 Å². The smallest absolute Gasteiger partial charge is 0.394 e. The van der Waals surface area contributed by atoms with Crippen LogP contribution < -0.4 is 10.2 Å². The summed E-state index contributed by atoms with van der Waals surface area (Å²) in [5.74, 6) is -0.659. The summed E-state index contributed by atoms with van der Waals surface area (Å²) in [5, 5.41) is 21.5. The standard InChI is InChI=1S/C22H23F4N5O3S/c1-12-10-30(19-16(22(24,25)26)7-13(9-27-19)6-15(33)11-32)4-5-31(12)21(34)29-20-28-17-3-2-14(23)8-18(17)35-20/h2-3,7-9,12,15,32-33H,4-6,10-11H2,1H3,(H,28,29,34)/t12-,15+/m0/s1. The second-order valence-electron chi connectivity index (χ2n) is 8.30. The van der Waals surface area contributed by atoms with Gasteiger partial charge in [0.05, 0.1) is 28.5 Å². The first-order chi connectivity index (χ1) is 16.5. The molecule has 8 nitrogen and oxygen atoms in total. The number of anilines is 2. The van der Waals surface area contributed by atoms with Crippen molar-refractivity contribution < 1.29 is 32.6 Å². The van der Waals surface area contributed by atoms with Gasteiger partial charge in [-0.1, -0.05) is 11.3 Å². The van der Waals surface area contributed by atoms with Crippen LogP contribution in [0.15, 0.2) is 30.5 Å². The van der Waals surface area contributed by atoms with Crippen molar-refractivity contribution in [2.24, 2.45) is 0 Å². The average Bonchev–Trinajstić information content (AvgIpc) is 3.19. The number of amides is 2. The first-order valence-electron chi connectivity index (χ1n) is 10.8. The lowest BCUT2D eigenvalue weighted by Gasteiger charge is -2.40. The minimum atomic E-state index is -4.67. The predicted molar refractivity (Wildman–Crippen MR) is 123 cm³/mol. The molecule has 0 unspecified atom stereocenters. The number of nitrogens with one attached hydrogen (secondary N) is 1. The van der Waals surface area contributed by atoms with E-state index in [1.807, 2.05) is 0 Å². The zero-order chi connectivity index (χ0) is 25.3. The number of carbonyl (C=O) groups is 1. The molecule has 188 valence electrons. The highest BCUT2D eigenvalue weighted by molar-refractivity contribution is 7.22. The number of pyridine rings is 1. The average molecular weight is 514 g/mol. The zero-order valence-electron chi connectivity index (χ0n) is 18.6. The van der Waals surface area contributed by atoms with Gasteiger partial charge in [-0.15, -0.1) is 0 Å². The van der Waals surface area contributed by atoms with Crippen LogP contribution in [0.3, 0.4) is 0 Å². The summed E-state index contributed by atoms with van der Waals surface area (Å²) in [6.07, 6.45) is -4.76. The third kappa shape index (κ3) is 5.63. The summed E-state index contributed by atoms with van der Waals surface area (Å²) < 4.78 is 55.3. The van der Waals surface area contributed by atoms with Crippen LogP contribution >= 0.6 is 11.3 Å². The van der Waals surface area contributed by atoms with E-state index in [4.69, 9.17) is 5.11 Å². The van der Waals surface area contributed by atoms with E-state index in [-0.39, 0.29) is 37.4 Å². The number of halogens is 4. The van der Waals surface area contributed by atoms with E-state index in [1.54, 1.807) is 6.92 Å². The summed E-state index contributed by atoms with van der Waals surface area (Å²) in [4.78, 5) is 24.1. The fraction of sp³-hybridized carbons (Fsp3) is 0.409. The highest BCUT2D eigenvalue weighted by Gasteiger charge is 2.38. The summed E-state index contributed by atoms with van der Waals surface area (Å²) in [5.41, 5.74) is -0.235. The molecule has 3 heterocycles. The molecule has 2 amide bonds. The fourth-order valence-electron chi connectivity index (χ4n) is 3.98. The van der Waals surface area contributed by atoms with Gasteiger partial charge in [-0.3, -0.25) is 5.32 Å². The van der Waals surface area contributed by atoms with Gasteiger partial charge < -0.3 is 20.0 Å². The van der Waals surface area contributed by atoms with Crippen LogP contribution in [0.2, 0.25) is 0 Å². The first-order valence-corrected chi connectivity index (χ1v) is 11.6. The van der Waals surface area contributed by atoms with Gasteiger partial charge in [0.1, 0.15) is 11.6 Å². The highest BCUT2D eigenvalue weighted by Crippen LogP contribution is 2.37. The number of urea groups is 1. The predicted octanol–water partition coefficient (Wildman–Crippen LogP) is 3.49. The number of aliphatic hydroxyl groups excluding tert-OH is 2. The molecule has 2 aromatic heterocycles. The van der Waals surface area contributed by atoms with Crippen LogP contribution in [-0.4, -0.2) is 69.5 Å². The van der Waals surface area contributed by atoms with Crippen molar-refractivity contribution in [3.63, 3.8) is 0 Å². The number of hydrogen-bond donors (Lipinski definition) is 3. The summed E-state index contributed by atoms with van der Waals surface area (Å²) in [6, 6.07) is 4.16. The van der Waals surface area contributed by atoms with Crippen molar-refractivity contribution in [1.29, 1.82) is 0 Å². The molecule has 1 aliphatic heterocycles. The van der Waals surface area contributed by atoms with E-state index in [0.29, 0.717) is 15.3 Å². The molecule has 0 radical (unpaired) electrons. The van der Waals surface area contributed by atoms with Gasteiger partial charge in [0.2, 0.25) is 0 Å². The summed E-state index contributed by atoms with van der Waals surface area (Å²) >= 11 is 1.13. The zero-order valence-corrected chi connectivity index (χ0v) is 19.4.